The summed E-state index contributed by atoms with van der Waals surface area (Å²) in [6, 6.07) is 12.5. The molecule has 1 aromatic carbocycles. The van der Waals surface area contributed by atoms with Crippen molar-refractivity contribution in [2.75, 3.05) is 31.5 Å². The van der Waals surface area contributed by atoms with E-state index < -0.39 is 0 Å². The minimum atomic E-state index is -0.0398. The lowest BCUT2D eigenvalue weighted by Crippen LogP contribution is -2.49. The molecule has 1 atom stereocenters. The Kier molecular flexibility index (Phi) is 5.93. The van der Waals surface area contributed by atoms with Crippen LogP contribution in [0.2, 0.25) is 0 Å². The lowest BCUT2D eigenvalue weighted by Gasteiger charge is -2.34. The monoisotopic (exact) mass is 355 g/mol. The molecule has 6 heteroatoms. The van der Waals surface area contributed by atoms with Gasteiger partial charge in [0.25, 0.3) is 0 Å². The molecular formula is C20H29N5O. The van der Waals surface area contributed by atoms with E-state index in [0.29, 0.717) is 5.92 Å². The molecule has 3 rings (SSSR count). The third-order valence-electron chi connectivity index (χ3n) is 5.16. The summed E-state index contributed by atoms with van der Waals surface area (Å²) in [5, 5.41) is 7.40. The molecule has 2 amide bonds. The van der Waals surface area contributed by atoms with Gasteiger partial charge in [-0.2, -0.15) is 5.10 Å². The summed E-state index contributed by atoms with van der Waals surface area (Å²) in [5.74, 6) is 1.22. The largest absolute Gasteiger partial charge is 0.323 e. The van der Waals surface area contributed by atoms with Gasteiger partial charge in [-0.1, -0.05) is 44.2 Å². The van der Waals surface area contributed by atoms with E-state index in [-0.39, 0.29) is 12.1 Å². The molecule has 0 aliphatic carbocycles. The van der Waals surface area contributed by atoms with Gasteiger partial charge in [0.2, 0.25) is 0 Å². The number of anilines is 1. The van der Waals surface area contributed by atoms with Gasteiger partial charge >= 0.3 is 6.03 Å². The maximum Gasteiger partial charge on any atom is 0.323 e. The molecule has 1 aliphatic heterocycles. The van der Waals surface area contributed by atoms with Crippen LogP contribution < -0.4 is 5.32 Å². The maximum absolute atomic E-state index is 12.6. The maximum atomic E-state index is 12.6. The smallest absolute Gasteiger partial charge is 0.322 e. The van der Waals surface area contributed by atoms with Gasteiger partial charge < -0.3 is 4.90 Å². The van der Waals surface area contributed by atoms with Gasteiger partial charge in [0.15, 0.2) is 0 Å². The van der Waals surface area contributed by atoms with Crippen molar-refractivity contribution in [2.24, 2.45) is 5.92 Å². The standard InChI is InChI=1S/C20H29N5O/c1-16(2)17(3)25-19(9-10-21-25)22-20(26)24-13-11-23(12-14-24)15-18-7-5-4-6-8-18/h4-10,16-17H,11-15H2,1-3H3,(H,22,26). The van der Waals surface area contributed by atoms with E-state index in [9.17, 15) is 4.79 Å². The Bertz CT molecular complexity index is 704. The first-order chi connectivity index (χ1) is 12.5. The molecule has 0 radical (unpaired) electrons. The number of benzene rings is 1. The van der Waals surface area contributed by atoms with E-state index in [1.807, 2.05) is 21.7 Å². The molecule has 2 heterocycles. The fourth-order valence-corrected chi connectivity index (χ4v) is 3.16. The number of hydrogen-bond acceptors (Lipinski definition) is 3. The first-order valence-electron chi connectivity index (χ1n) is 9.40. The zero-order valence-electron chi connectivity index (χ0n) is 15.9. The second-order valence-electron chi connectivity index (χ2n) is 7.32. The summed E-state index contributed by atoms with van der Waals surface area (Å²) in [6.07, 6.45) is 1.74. The Labute approximate surface area is 155 Å². The van der Waals surface area contributed by atoms with Gasteiger partial charge in [-0.15, -0.1) is 0 Å². The van der Waals surface area contributed by atoms with Gasteiger partial charge in [-0.05, 0) is 18.4 Å². The van der Waals surface area contributed by atoms with Crippen LogP contribution in [0.25, 0.3) is 0 Å². The Balaban J connectivity index is 1.52. The first kappa shape index (κ1) is 18.5. The zero-order chi connectivity index (χ0) is 18.5. The van der Waals surface area contributed by atoms with Gasteiger partial charge in [0, 0.05) is 38.8 Å². The SMILES string of the molecule is CC(C)C(C)n1nccc1NC(=O)N1CCN(Cc2ccccc2)CC1. The third kappa shape index (κ3) is 4.43. The van der Waals surface area contributed by atoms with Gasteiger partial charge in [0.1, 0.15) is 5.82 Å². The Morgan fingerprint density at radius 3 is 2.42 bits per heavy atom. The molecule has 140 valence electrons. The quantitative estimate of drug-likeness (QED) is 0.894. The third-order valence-corrected chi connectivity index (χ3v) is 5.16. The van der Waals surface area contributed by atoms with Crippen LogP contribution in [0.15, 0.2) is 42.6 Å². The van der Waals surface area contributed by atoms with E-state index in [4.69, 9.17) is 0 Å². The van der Waals surface area contributed by atoms with Crippen LogP contribution in [-0.4, -0.2) is 51.8 Å². The highest BCUT2D eigenvalue weighted by Crippen LogP contribution is 2.21. The number of aromatic nitrogens is 2. The number of piperazine rings is 1. The van der Waals surface area contributed by atoms with E-state index in [0.717, 1.165) is 38.5 Å². The zero-order valence-corrected chi connectivity index (χ0v) is 15.9. The van der Waals surface area contributed by atoms with Crippen LogP contribution in [0.5, 0.6) is 0 Å². The van der Waals surface area contributed by atoms with E-state index in [1.165, 1.54) is 5.56 Å². The van der Waals surface area contributed by atoms with Crippen molar-refractivity contribution in [1.82, 2.24) is 19.6 Å². The number of amides is 2. The molecule has 1 saturated heterocycles. The number of carbonyl (C=O) groups excluding carboxylic acids is 1. The highest BCUT2D eigenvalue weighted by molar-refractivity contribution is 5.88. The minimum Gasteiger partial charge on any atom is -0.322 e. The molecule has 0 bridgehead atoms. The fourth-order valence-electron chi connectivity index (χ4n) is 3.16. The highest BCUT2D eigenvalue weighted by Gasteiger charge is 2.23. The molecule has 2 aromatic rings. The van der Waals surface area contributed by atoms with Crippen molar-refractivity contribution in [2.45, 2.75) is 33.4 Å². The van der Waals surface area contributed by atoms with Crippen molar-refractivity contribution < 1.29 is 4.79 Å². The predicted octanol–water partition coefficient (Wildman–Crippen LogP) is 3.45. The fraction of sp³-hybridized carbons (Fsp3) is 0.500. The van der Waals surface area contributed by atoms with Crippen molar-refractivity contribution >= 4 is 11.8 Å². The average Bonchev–Trinajstić information content (AvgIpc) is 3.10. The number of rotatable bonds is 5. The molecule has 1 aliphatic rings. The minimum absolute atomic E-state index is 0.0398. The van der Waals surface area contributed by atoms with Crippen LogP contribution in [0.4, 0.5) is 10.6 Å². The predicted molar refractivity (Wildman–Crippen MR) is 104 cm³/mol. The molecule has 0 spiro atoms. The van der Waals surface area contributed by atoms with Crippen molar-refractivity contribution in [3.05, 3.63) is 48.2 Å². The normalized spacial score (nSPS) is 16.7. The van der Waals surface area contributed by atoms with Crippen LogP contribution in [-0.2, 0) is 6.54 Å². The van der Waals surface area contributed by atoms with Crippen LogP contribution in [0, 0.1) is 5.92 Å². The van der Waals surface area contributed by atoms with Crippen molar-refractivity contribution in [3.8, 4) is 0 Å². The van der Waals surface area contributed by atoms with Crippen LogP contribution >= 0.6 is 0 Å². The topological polar surface area (TPSA) is 53.4 Å². The van der Waals surface area contributed by atoms with Gasteiger partial charge in [0.05, 0.1) is 12.2 Å². The molecule has 1 unspecified atom stereocenters. The second kappa shape index (κ2) is 8.36. The summed E-state index contributed by atoms with van der Waals surface area (Å²) in [6.45, 7) is 10.6. The van der Waals surface area contributed by atoms with Crippen molar-refractivity contribution in [1.29, 1.82) is 0 Å². The first-order valence-corrected chi connectivity index (χ1v) is 9.40. The number of nitrogens with zero attached hydrogens (tertiary/aromatic N) is 4. The molecule has 0 saturated carbocycles. The number of urea groups is 1. The van der Waals surface area contributed by atoms with Crippen LogP contribution in [0.1, 0.15) is 32.4 Å². The van der Waals surface area contributed by atoms with Crippen LogP contribution in [0.3, 0.4) is 0 Å². The summed E-state index contributed by atoms with van der Waals surface area (Å²) in [4.78, 5) is 16.9. The lowest BCUT2D eigenvalue weighted by atomic mass is 10.1. The number of hydrogen-bond donors (Lipinski definition) is 1. The summed E-state index contributed by atoms with van der Waals surface area (Å²) >= 11 is 0. The second-order valence-corrected chi connectivity index (χ2v) is 7.32. The highest BCUT2D eigenvalue weighted by atomic mass is 16.2. The summed E-state index contributed by atoms with van der Waals surface area (Å²) in [5.41, 5.74) is 1.32. The number of carbonyl (C=O) groups is 1. The molecule has 1 fully saturated rings. The molecule has 26 heavy (non-hydrogen) atoms. The molecule has 6 nitrogen and oxygen atoms in total. The number of nitrogens with one attached hydrogen (secondary N) is 1. The summed E-state index contributed by atoms with van der Waals surface area (Å²) < 4.78 is 1.90. The van der Waals surface area contributed by atoms with Crippen molar-refractivity contribution in [3.63, 3.8) is 0 Å². The Morgan fingerprint density at radius 2 is 1.77 bits per heavy atom. The Morgan fingerprint density at radius 1 is 1.08 bits per heavy atom. The van der Waals surface area contributed by atoms with Gasteiger partial charge in [-0.3, -0.25) is 10.2 Å². The lowest BCUT2D eigenvalue weighted by molar-refractivity contribution is 0.143. The Hall–Kier alpha value is -2.34. The molecular weight excluding hydrogens is 326 g/mol. The molecule has 1 aromatic heterocycles. The molecule has 1 N–H and O–H groups in total. The van der Waals surface area contributed by atoms with E-state index in [2.05, 4.69) is 60.4 Å². The van der Waals surface area contributed by atoms with E-state index in [1.54, 1.807) is 6.20 Å². The average molecular weight is 355 g/mol. The summed E-state index contributed by atoms with van der Waals surface area (Å²) in [7, 11) is 0. The van der Waals surface area contributed by atoms with Gasteiger partial charge in [-0.25, -0.2) is 9.48 Å². The van der Waals surface area contributed by atoms with E-state index >= 15 is 0 Å².